The van der Waals surface area contributed by atoms with Gasteiger partial charge in [0.05, 0.1) is 18.4 Å². The van der Waals surface area contributed by atoms with Crippen LogP contribution in [0.25, 0.3) is 11.1 Å². The fourth-order valence-electron chi connectivity index (χ4n) is 3.06. The van der Waals surface area contributed by atoms with Crippen LogP contribution < -0.4 is 15.8 Å². The first kappa shape index (κ1) is 16.8. The maximum Gasteiger partial charge on any atom is 0.414 e. The number of fused-ring (bicyclic) bond motifs is 1. The molecule has 1 aliphatic rings. The fraction of sp³-hybridized carbons (Fsp3) is 0.222. The number of aryl methyl sites for hydroxylation is 1. The van der Waals surface area contributed by atoms with Crippen LogP contribution in [0, 0.1) is 6.92 Å². The van der Waals surface area contributed by atoms with Crippen LogP contribution in [0.2, 0.25) is 0 Å². The highest BCUT2D eigenvalue weighted by Crippen LogP contribution is 2.22. The van der Waals surface area contributed by atoms with Gasteiger partial charge >= 0.3 is 6.09 Å². The Kier molecular flexibility index (Phi) is 4.11. The van der Waals surface area contributed by atoms with E-state index in [2.05, 4.69) is 15.3 Å². The molecule has 27 heavy (non-hydrogen) atoms. The van der Waals surface area contributed by atoms with Gasteiger partial charge in [-0.15, -0.1) is 0 Å². The smallest absolute Gasteiger partial charge is 0.414 e. The van der Waals surface area contributed by atoms with Crippen molar-refractivity contribution in [2.45, 2.75) is 13.5 Å². The molecule has 3 heterocycles. The Labute approximate surface area is 152 Å². The minimum Gasteiger partial charge on any atom is -0.447 e. The molecule has 9 nitrogen and oxygen atoms in total. The van der Waals surface area contributed by atoms with E-state index in [1.165, 1.54) is 11.2 Å². The molecule has 0 bridgehead atoms. The molecule has 2 N–H and O–H groups in total. The van der Waals surface area contributed by atoms with Crippen LogP contribution in [0.4, 0.5) is 10.5 Å². The molecule has 1 saturated heterocycles. The van der Waals surface area contributed by atoms with Gasteiger partial charge in [-0.05, 0) is 24.6 Å². The monoisotopic (exact) mass is 368 g/mol. The zero-order valence-corrected chi connectivity index (χ0v) is 14.4. The van der Waals surface area contributed by atoms with Crippen molar-refractivity contribution in [1.29, 1.82) is 0 Å². The first-order valence-electron chi connectivity index (χ1n) is 8.33. The second kappa shape index (κ2) is 6.60. The summed E-state index contributed by atoms with van der Waals surface area (Å²) in [6.07, 6.45) is 0.841. The number of hydrogen-bond acceptors (Lipinski definition) is 6. The normalized spacial score (nSPS) is 13.8. The predicted molar refractivity (Wildman–Crippen MR) is 95.7 cm³/mol. The number of amides is 2. The standard InChI is InChI=1S/C18H16N4O5/c1-10-13(14-16(24)20-9-21-17(14)27-10)15(23)19-8-11-3-2-4-12(7-11)22-5-6-26-18(22)25/h2-4,7,9H,5-6,8H2,1H3,(H,19,23)(H,20,21,24). The van der Waals surface area contributed by atoms with Crippen LogP contribution in [-0.4, -0.2) is 35.1 Å². The van der Waals surface area contributed by atoms with Gasteiger partial charge < -0.3 is 19.5 Å². The van der Waals surface area contributed by atoms with E-state index in [0.29, 0.717) is 24.6 Å². The average Bonchev–Trinajstić information content (AvgIpc) is 3.23. The Morgan fingerprint density at radius 1 is 1.37 bits per heavy atom. The fourth-order valence-corrected chi connectivity index (χ4v) is 3.06. The summed E-state index contributed by atoms with van der Waals surface area (Å²) >= 11 is 0. The molecule has 4 rings (SSSR count). The van der Waals surface area contributed by atoms with Crippen molar-refractivity contribution in [2.75, 3.05) is 18.1 Å². The summed E-state index contributed by atoms with van der Waals surface area (Å²) in [7, 11) is 0. The number of nitrogens with zero attached hydrogens (tertiary/aromatic N) is 2. The summed E-state index contributed by atoms with van der Waals surface area (Å²) in [6, 6.07) is 7.24. The summed E-state index contributed by atoms with van der Waals surface area (Å²) in [5.74, 6) is -0.115. The van der Waals surface area contributed by atoms with Crippen LogP contribution >= 0.6 is 0 Å². The zero-order valence-electron chi connectivity index (χ0n) is 14.4. The van der Waals surface area contributed by atoms with Crippen molar-refractivity contribution in [3.8, 4) is 0 Å². The van der Waals surface area contributed by atoms with E-state index >= 15 is 0 Å². The summed E-state index contributed by atoms with van der Waals surface area (Å²) in [6.45, 7) is 2.68. The second-order valence-corrected chi connectivity index (χ2v) is 6.06. The van der Waals surface area contributed by atoms with Gasteiger partial charge in [0.1, 0.15) is 17.8 Å². The maximum atomic E-state index is 12.6. The number of carbonyl (C=O) groups is 2. The lowest BCUT2D eigenvalue weighted by atomic mass is 10.1. The second-order valence-electron chi connectivity index (χ2n) is 6.06. The van der Waals surface area contributed by atoms with Gasteiger partial charge in [0.2, 0.25) is 5.71 Å². The maximum absolute atomic E-state index is 12.6. The SMILES string of the molecule is Cc1oc2nc[nH]c(=O)c2c1C(=O)NCc1cccc(N2CCOC2=O)c1. The lowest BCUT2D eigenvalue weighted by Gasteiger charge is -2.14. The first-order valence-corrected chi connectivity index (χ1v) is 8.33. The Morgan fingerprint density at radius 3 is 3.00 bits per heavy atom. The lowest BCUT2D eigenvalue weighted by Crippen LogP contribution is -2.25. The molecule has 0 atom stereocenters. The number of hydrogen-bond donors (Lipinski definition) is 2. The third kappa shape index (κ3) is 3.03. The molecule has 1 aliphatic heterocycles. The molecule has 2 aromatic heterocycles. The molecule has 0 spiro atoms. The van der Waals surface area contributed by atoms with Gasteiger partial charge in [-0.25, -0.2) is 9.78 Å². The van der Waals surface area contributed by atoms with E-state index in [1.54, 1.807) is 19.1 Å². The highest BCUT2D eigenvalue weighted by Gasteiger charge is 2.24. The molecule has 0 unspecified atom stereocenters. The number of aromatic amines is 1. The van der Waals surface area contributed by atoms with Crippen molar-refractivity contribution >= 4 is 28.8 Å². The van der Waals surface area contributed by atoms with Crippen LogP contribution in [0.3, 0.4) is 0 Å². The van der Waals surface area contributed by atoms with Crippen molar-refractivity contribution in [3.05, 3.63) is 57.8 Å². The quantitative estimate of drug-likeness (QED) is 0.724. The van der Waals surface area contributed by atoms with Crippen LogP contribution in [0.1, 0.15) is 21.7 Å². The van der Waals surface area contributed by atoms with Gasteiger partial charge in [0.15, 0.2) is 0 Å². The number of benzene rings is 1. The Hall–Kier alpha value is -3.62. The lowest BCUT2D eigenvalue weighted by molar-refractivity contribution is 0.0950. The molecule has 9 heteroatoms. The largest absolute Gasteiger partial charge is 0.447 e. The number of ether oxygens (including phenoxy) is 1. The molecular formula is C18H16N4O5. The number of furan rings is 1. The highest BCUT2D eigenvalue weighted by atomic mass is 16.6. The van der Waals surface area contributed by atoms with E-state index in [4.69, 9.17) is 9.15 Å². The Bertz CT molecular complexity index is 1100. The average molecular weight is 368 g/mol. The highest BCUT2D eigenvalue weighted by molar-refractivity contribution is 6.06. The van der Waals surface area contributed by atoms with Gasteiger partial charge in [-0.1, -0.05) is 12.1 Å². The molecule has 0 saturated carbocycles. The van der Waals surface area contributed by atoms with E-state index < -0.39 is 11.5 Å². The zero-order chi connectivity index (χ0) is 19.0. The molecule has 0 aliphatic carbocycles. The summed E-state index contributed by atoms with van der Waals surface area (Å²) in [5, 5.41) is 2.90. The Morgan fingerprint density at radius 2 is 2.22 bits per heavy atom. The van der Waals surface area contributed by atoms with Gasteiger partial charge in [-0.3, -0.25) is 14.5 Å². The van der Waals surface area contributed by atoms with Crippen LogP contribution in [0.15, 0.2) is 39.8 Å². The van der Waals surface area contributed by atoms with E-state index in [0.717, 1.165) is 5.56 Å². The summed E-state index contributed by atoms with van der Waals surface area (Å²) in [4.78, 5) is 44.2. The summed E-state index contributed by atoms with van der Waals surface area (Å²) < 4.78 is 10.3. The summed E-state index contributed by atoms with van der Waals surface area (Å²) in [5.41, 5.74) is 1.36. The minimum absolute atomic E-state index is 0.121. The number of carbonyl (C=O) groups excluding carboxylic acids is 2. The van der Waals surface area contributed by atoms with Gasteiger partial charge in [0, 0.05) is 12.2 Å². The Balaban J connectivity index is 1.55. The first-order chi connectivity index (χ1) is 13.0. The number of aromatic nitrogens is 2. The molecule has 1 aromatic carbocycles. The number of nitrogens with one attached hydrogen (secondary N) is 2. The molecule has 138 valence electrons. The predicted octanol–water partition coefficient (Wildman–Crippen LogP) is 1.71. The molecular weight excluding hydrogens is 352 g/mol. The number of H-pyrrole nitrogens is 1. The minimum atomic E-state index is -0.435. The van der Waals surface area contributed by atoms with E-state index in [9.17, 15) is 14.4 Å². The molecule has 1 fully saturated rings. The third-order valence-corrected chi connectivity index (χ3v) is 4.33. The number of rotatable bonds is 4. The third-order valence-electron chi connectivity index (χ3n) is 4.33. The van der Waals surface area contributed by atoms with E-state index in [1.807, 2.05) is 12.1 Å². The molecule has 0 radical (unpaired) electrons. The van der Waals surface area contributed by atoms with Crippen LogP contribution in [-0.2, 0) is 11.3 Å². The number of anilines is 1. The molecule has 2 amide bonds. The van der Waals surface area contributed by atoms with Crippen LogP contribution in [0.5, 0.6) is 0 Å². The van der Waals surface area contributed by atoms with Crippen molar-refractivity contribution in [3.63, 3.8) is 0 Å². The van der Waals surface area contributed by atoms with Crippen molar-refractivity contribution in [2.24, 2.45) is 0 Å². The van der Waals surface area contributed by atoms with Gasteiger partial charge in [-0.2, -0.15) is 0 Å². The molecule has 3 aromatic rings. The van der Waals surface area contributed by atoms with E-state index in [-0.39, 0.29) is 29.3 Å². The number of cyclic esters (lactones) is 1. The van der Waals surface area contributed by atoms with Gasteiger partial charge in [0.25, 0.3) is 11.5 Å². The van der Waals surface area contributed by atoms with Crippen molar-refractivity contribution < 1.29 is 18.7 Å². The topological polar surface area (TPSA) is 118 Å². The van der Waals surface area contributed by atoms with Crippen molar-refractivity contribution in [1.82, 2.24) is 15.3 Å².